The summed E-state index contributed by atoms with van der Waals surface area (Å²) < 4.78 is 22.9. The van der Waals surface area contributed by atoms with Crippen molar-refractivity contribution in [1.82, 2.24) is 0 Å². The second kappa shape index (κ2) is 7.39. The molecule has 1 unspecified atom stereocenters. The summed E-state index contributed by atoms with van der Waals surface area (Å²) in [5, 5.41) is 2.89. The van der Waals surface area contributed by atoms with Gasteiger partial charge < -0.3 is 10.2 Å². The van der Waals surface area contributed by atoms with Crippen LogP contribution in [0.1, 0.15) is 38.7 Å². The second-order valence-electron chi connectivity index (χ2n) is 7.59. The van der Waals surface area contributed by atoms with Gasteiger partial charge in [0.05, 0.1) is 11.5 Å². The maximum Gasteiger partial charge on any atom is 0.229 e. The number of sulfone groups is 1. The van der Waals surface area contributed by atoms with Crippen molar-refractivity contribution in [3.8, 4) is 0 Å². The molecule has 0 spiro atoms. The van der Waals surface area contributed by atoms with Crippen LogP contribution in [0.2, 0.25) is 0 Å². The first-order chi connectivity index (χ1) is 12.2. The van der Waals surface area contributed by atoms with Crippen molar-refractivity contribution in [2.45, 2.75) is 39.5 Å². The molecule has 0 radical (unpaired) electrons. The van der Waals surface area contributed by atoms with Crippen molar-refractivity contribution in [2.24, 2.45) is 11.8 Å². The van der Waals surface area contributed by atoms with Crippen molar-refractivity contribution >= 4 is 33.0 Å². The van der Waals surface area contributed by atoms with Crippen LogP contribution in [0.25, 0.3) is 0 Å². The fourth-order valence-electron chi connectivity index (χ4n) is 3.68. The van der Waals surface area contributed by atoms with Crippen LogP contribution < -0.4 is 10.2 Å². The molecule has 0 aromatic heterocycles. The van der Waals surface area contributed by atoms with Crippen LogP contribution >= 0.6 is 0 Å². The van der Waals surface area contributed by atoms with Crippen LogP contribution in [0.15, 0.2) is 18.2 Å². The summed E-state index contributed by atoms with van der Waals surface area (Å²) in [6, 6.07) is 5.64. The van der Waals surface area contributed by atoms with E-state index in [0.717, 1.165) is 23.4 Å². The number of anilines is 2. The van der Waals surface area contributed by atoms with Crippen LogP contribution in [-0.4, -0.2) is 38.3 Å². The molecule has 1 N–H and O–H groups in total. The minimum absolute atomic E-state index is 0.0419. The summed E-state index contributed by atoms with van der Waals surface area (Å²) in [5.74, 6) is 0.532. The first-order valence-electron chi connectivity index (χ1n) is 9.20. The van der Waals surface area contributed by atoms with Gasteiger partial charge in [-0.2, -0.15) is 0 Å². The lowest BCUT2D eigenvalue weighted by Gasteiger charge is -2.19. The predicted octanol–water partition coefficient (Wildman–Crippen LogP) is 2.39. The molecule has 1 saturated heterocycles. The fraction of sp³-hybridized carbons (Fsp3) is 0.579. The molecule has 0 bridgehead atoms. The zero-order valence-electron chi connectivity index (χ0n) is 15.3. The Morgan fingerprint density at radius 2 is 2.08 bits per heavy atom. The van der Waals surface area contributed by atoms with Gasteiger partial charge in [-0.25, -0.2) is 8.42 Å². The van der Waals surface area contributed by atoms with Gasteiger partial charge in [0, 0.05) is 30.3 Å². The molecule has 0 aliphatic carbocycles. The molecule has 1 aromatic carbocycles. The molecule has 6 nitrogen and oxygen atoms in total. The smallest absolute Gasteiger partial charge is 0.229 e. The Hall–Kier alpha value is -1.89. The van der Waals surface area contributed by atoms with Gasteiger partial charge in [-0.15, -0.1) is 0 Å². The van der Waals surface area contributed by atoms with Crippen molar-refractivity contribution in [2.75, 3.05) is 28.3 Å². The van der Waals surface area contributed by atoms with E-state index in [2.05, 4.69) is 5.32 Å². The third kappa shape index (κ3) is 4.26. The van der Waals surface area contributed by atoms with Crippen LogP contribution in [0.3, 0.4) is 0 Å². The average molecular weight is 378 g/mol. The summed E-state index contributed by atoms with van der Waals surface area (Å²) >= 11 is 0. The monoisotopic (exact) mass is 378 g/mol. The summed E-state index contributed by atoms with van der Waals surface area (Å²) in [5.41, 5.74) is 2.73. The molecule has 3 rings (SSSR count). The van der Waals surface area contributed by atoms with Crippen LogP contribution in [-0.2, 0) is 25.8 Å². The molecule has 142 valence electrons. The highest BCUT2D eigenvalue weighted by Crippen LogP contribution is 2.31. The number of carbonyl (C=O) groups excluding carboxylic acids is 2. The van der Waals surface area contributed by atoms with Crippen LogP contribution in [0.5, 0.6) is 0 Å². The number of amides is 2. The van der Waals surface area contributed by atoms with E-state index >= 15 is 0 Å². The number of carbonyl (C=O) groups is 2. The molecule has 7 heteroatoms. The lowest BCUT2D eigenvalue weighted by molar-refractivity contribution is -0.121. The average Bonchev–Trinajstić information content (AvgIpc) is 3.14. The van der Waals surface area contributed by atoms with Gasteiger partial charge in [0.2, 0.25) is 11.8 Å². The molecule has 0 saturated carbocycles. The summed E-state index contributed by atoms with van der Waals surface area (Å²) in [7, 11) is -2.89. The topological polar surface area (TPSA) is 83.6 Å². The molecule has 1 atom stereocenters. The van der Waals surface area contributed by atoms with Gasteiger partial charge in [-0.1, -0.05) is 13.8 Å². The number of fused-ring (bicyclic) bond motifs is 1. The fourth-order valence-corrected chi connectivity index (χ4v) is 5.59. The van der Waals surface area contributed by atoms with E-state index in [4.69, 9.17) is 0 Å². The van der Waals surface area contributed by atoms with E-state index in [1.54, 1.807) is 0 Å². The van der Waals surface area contributed by atoms with Crippen molar-refractivity contribution in [3.05, 3.63) is 23.8 Å². The Labute approximate surface area is 154 Å². The Morgan fingerprint density at radius 3 is 2.73 bits per heavy atom. The predicted molar refractivity (Wildman–Crippen MR) is 102 cm³/mol. The number of nitrogens with one attached hydrogen (secondary N) is 1. The third-order valence-corrected chi connectivity index (χ3v) is 6.96. The molecule has 26 heavy (non-hydrogen) atoms. The third-order valence-electron chi connectivity index (χ3n) is 5.13. The highest BCUT2D eigenvalue weighted by atomic mass is 32.2. The Balaban J connectivity index is 1.56. The number of nitrogens with zero attached hydrogens (tertiary/aromatic N) is 1. The van der Waals surface area contributed by atoms with Gasteiger partial charge in [0.15, 0.2) is 9.84 Å². The van der Waals surface area contributed by atoms with Crippen LogP contribution in [0.4, 0.5) is 11.4 Å². The molecular formula is C19H26N2O4S. The minimum Gasteiger partial charge on any atom is -0.326 e. The molecule has 1 fully saturated rings. The first-order valence-corrected chi connectivity index (χ1v) is 11.0. The van der Waals surface area contributed by atoms with E-state index in [0.29, 0.717) is 25.8 Å². The lowest BCUT2D eigenvalue weighted by Crippen LogP contribution is -2.32. The highest BCUT2D eigenvalue weighted by Gasteiger charge is 2.28. The first kappa shape index (κ1) is 18.9. The Bertz CT molecular complexity index is 817. The van der Waals surface area contributed by atoms with Crippen LogP contribution in [0, 0.1) is 11.8 Å². The Morgan fingerprint density at radius 1 is 1.31 bits per heavy atom. The standard InChI is InChI=1S/C19H26N2O4S/c1-13(2)19(23)21-9-7-15-11-16(4-5-17(15)21)20-18(22)6-3-14-8-10-26(24,25)12-14/h4-5,11,13-14H,3,6-10,12H2,1-2H3,(H,20,22). The largest absolute Gasteiger partial charge is 0.326 e. The van der Waals surface area contributed by atoms with Gasteiger partial charge in [0.1, 0.15) is 0 Å². The second-order valence-corrected chi connectivity index (χ2v) is 9.82. The quantitative estimate of drug-likeness (QED) is 0.853. The summed E-state index contributed by atoms with van der Waals surface area (Å²) in [6.45, 7) is 4.47. The molecule has 2 aliphatic heterocycles. The number of benzene rings is 1. The van der Waals surface area contributed by atoms with E-state index in [-0.39, 0.29) is 35.2 Å². The summed E-state index contributed by atoms with van der Waals surface area (Å²) in [4.78, 5) is 26.2. The van der Waals surface area contributed by atoms with Gasteiger partial charge >= 0.3 is 0 Å². The van der Waals surface area contributed by atoms with E-state index < -0.39 is 9.84 Å². The van der Waals surface area contributed by atoms with Crippen molar-refractivity contribution in [3.63, 3.8) is 0 Å². The van der Waals surface area contributed by atoms with Crippen molar-refractivity contribution < 1.29 is 18.0 Å². The Kier molecular flexibility index (Phi) is 5.37. The van der Waals surface area contributed by atoms with Gasteiger partial charge in [0.25, 0.3) is 0 Å². The van der Waals surface area contributed by atoms with E-state index in [1.165, 1.54) is 0 Å². The summed E-state index contributed by atoms with van der Waals surface area (Å²) in [6.07, 6.45) is 2.38. The normalized spacial score (nSPS) is 21.0. The molecule has 1 aromatic rings. The highest BCUT2D eigenvalue weighted by molar-refractivity contribution is 7.91. The zero-order valence-corrected chi connectivity index (χ0v) is 16.1. The molecule has 2 aliphatic rings. The number of hydrogen-bond donors (Lipinski definition) is 1. The maximum atomic E-state index is 12.2. The lowest BCUT2D eigenvalue weighted by atomic mass is 10.0. The molecular weight excluding hydrogens is 352 g/mol. The van der Waals surface area contributed by atoms with Gasteiger partial charge in [-0.3, -0.25) is 9.59 Å². The SMILES string of the molecule is CC(C)C(=O)N1CCc2cc(NC(=O)CCC3CCS(=O)(=O)C3)ccc21. The van der Waals surface area contributed by atoms with Gasteiger partial charge in [-0.05, 0) is 48.9 Å². The van der Waals surface area contributed by atoms with Crippen molar-refractivity contribution in [1.29, 1.82) is 0 Å². The molecule has 2 amide bonds. The maximum absolute atomic E-state index is 12.2. The number of hydrogen-bond acceptors (Lipinski definition) is 4. The minimum atomic E-state index is -2.89. The molecule has 2 heterocycles. The number of rotatable bonds is 5. The zero-order chi connectivity index (χ0) is 18.9. The van der Waals surface area contributed by atoms with E-state index in [1.807, 2.05) is 36.9 Å². The van der Waals surface area contributed by atoms with E-state index in [9.17, 15) is 18.0 Å².